The fourth-order valence-electron chi connectivity index (χ4n) is 12.1. The maximum absolute atomic E-state index is 2.63. The summed E-state index contributed by atoms with van der Waals surface area (Å²) >= 11 is 0. The molecule has 0 N–H and O–H groups in total. The van der Waals surface area contributed by atoms with Gasteiger partial charge in [-0.2, -0.15) is 0 Å². The molecule has 0 fully saturated rings. The first-order valence-corrected chi connectivity index (χ1v) is 26.7. The molecule has 0 spiro atoms. The van der Waals surface area contributed by atoms with Crippen molar-refractivity contribution in [1.29, 1.82) is 0 Å². The van der Waals surface area contributed by atoms with E-state index in [-0.39, 0.29) is 0 Å². The number of rotatable bonds is 18. The summed E-state index contributed by atoms with van der Waals surface area (Å²) in [5, 5.41) is 7.65. The van der Waals surface area contributed by atoms with Crippen molar-refractivity contribution in [2.45, 2.75) is 160 Å². The monoisotopic (exact) mass is 899 g/mol. The summed E-state index contributed by atoms with van der Waals surface area (Å²) in [5.74, 6) is 0. The summed E-state index contributed by atoms with van der Waals surface area (Å²) in [6, 6.07) is 43.7. The lowest BCUT2D eigenvalue weighted by Crippen LogP contribution is -2.15. The topological polar surface area (TPSA) is 6.48 Å². The SMILES string of the molecule is CCc1cc(N(c2cc(CC)c(CC)c(CC)c2)c2cc3c4ccccc4c(N(c4cc(CC)c(CC)c(CC)c4)c4cc(CC)c(CC)c(CC)c4)cc3c3ccccc23)cc(CC)c1CC. The molecule has 0 atom stereocenters. The molecule has 0 saturated carbocycles. The molecule has 8 aromatic carbocycles. The van der Waals surface area contributed by atoms with Gasteiger partial charge in [-0.1, -0.05) is 132 Å². The Balaban J connectivity index is 1.52. The summed E-state index contributed by atoms with van der Waals surface area (Å²) in [5.41, 5.74) is 25.2. The Morgan fingerprint density at radius 1 is 0.235 bits per heavy atom. The molecule has 0 radical (unpaired) electrons. The van der Waals surface area contributed by atoms with Crippen LogP contribution in [0.5, 0.6) is 0 Å². The first kappa shape index (κ1) is 48.6. The van der Waals surface area contributed by atoms with Crippen LogP contribution in [0.1, 0.15) is 150 Å². The maximum Gasteiger partial charge on any atom is 0.0546 e. The number of fused-ring (bicyclic) bond motifs is 5. The Bertz CT molecular complexity index is 2670. The van der Waals surface area contributed by atoms with Gasteiger partial charge in [0, 0.05) is 33.5 Å². The molecule has 68 heavy (non-hydrogen) atoms. The van der Waals surface area contributed by atoms with Crippen LogP contribution in [-0.4, -0.2) is 0 Å². The molecule has 352 valence electrons. The van der Waals surface area contributed by atoms with Crippen molar-refractivity contribution in [1.82, 2.24) is 0 Å². The van der Waals surface area contributed by atoms with Crippen molar-refractivity contribution in [2.24, 2.45) is 0 Å². The average molecular weight is 899 g/mol. The zero-order valence-electron chi connectivity index (χ0n) is 43.8. The Morgan fingerprint density at radius 2 is 0.441 bits per heavy atom. The van der Waals surface area contributed by atoms with E-state index in [1.165, 1.54) is 133 Å². The quantitative estimate of drug-likeness (QED) is 0.0792. The second-order valence-corrected chi connectivity index (χ2v) is 18.9. The highest BCUT2D eigenvalue weighted by Crippen LogP contribution is 2.49. The molecular formula is C66H78N2. The molecule has 0 aromatic heterocycles. The van der Waals surface area contributed by atoms with E-state index >= 15 is 0 Å². The largest absolute Gasteiger partial charge is 0.310 e. The average Bonchev–Trinajstić information content (AvgIpc) is 3.39. The minimum absolute atomic E-state index is 1.01. The first-order valence-electron chi connectivity index (χ1n) is 26.7. The predicted molar refractivity (Wildman–Crippen MR) is 301 cm³/mol. The van der Waals surface area contributed by atoms with Gasteiger partial charge in [-0.15, -0.1) is 0 Å². The lowest BCUT2D eigenvalue weighted by molar-refractivity contribution is 0.972. The number of nitrogens with zero attached hydrogens (tertiary/aromatic N) is 2. The van der Waals surface area contributed by atoms with E-state index in [9.17, 15) is 0 Å². The standard InChI is InChI=1S/C66H78N2/c1-13-43-33-51(34-44(14-2)55(43)21-9)67(52-35-45(15-3)56(22-10)46(16-4)36-52)65-41-63-60-30-26-28-32-62(60)66(42-64(63)59-29-25-27-31-61(59)65)68(53-37-47(17-5)57(23-11)48(18-6)38-53)54-39-49(19-7)58(24-12)50(20-8)40-54/h25-42H,13-24H2,1-12H3. The third-order valence-electron chi connectivity index (χ3n) is 15.5. The van der Waals surface area contributed by atoms with Crippen molar-refractivity contribution in [3.8, 4) is 0 Å². The normalized spacial score (nSPS) is 11.6. The Kier molecular flexibility index (Phi) is 15.1. The van der Waals surface area contributed by atoms with E-state index in [2.05, 4.69) is 202 Å². The molecule has 0 unspecified atom stereocenters. The van der Waals surface area contributed by atoms with Gasteiger partial charge in [0.15, 0.2) is 0 Å². The van der Waals surface area contributed by atoms with Crippen molar-refractivity contribution in [3.05, 3.63) is 176 Å². The molecule has 0 saturated heterocycles. The van der Waals surface area contributed by atoms with Crippen LogP contribution < -0.4 is 9.80 Å². The molecule has 2 nitrogen and oxygen atoms in total. The fraction of sp³-hybridized carbons (Fsp3) is 0.364. The second kappa shape index (κ2) is 21.2. The van der Waals surface area contributed by atoms with E-state index in [1.807, 2.05) is 0 Å². The molecular weight excluding hydrogens is 821 g/mol. The van der Waals surface area contributed by atoms with Crippen LogP contribution in [0.3, 0.4) is 0 Å². The smallest absolute Gasteiger partial charge is 0.0546 e. The van der Waals surface area contributed by atoms with Crippen molar-refractivity contribution < 1.29 is 0 Å². The molecule has 8 rings (SSSR count). The predicted octanol–water partition coefficient (Wildman–Crippen LogP) is 18.8. The zero-order chi connectivity index (χ0) is 48.2. The minimum atomic E-state index is 1.01. The number of hydrogen-bond donors (Lipinski definition) is 0. The molecule has 0 bridgehead atoms. The van der Waals surface area contributed by atoms with Crippen LogP contribution >= 0.6 is 0 Å². The van der Waals surface area contributed by atoms with E-state index in [0.29, 0.717) is 0 Å². The van der Waals surface area contributed by atoms with Crippen LogP contribution in [0.2, 0.25) is 0 Å². The summed E-state index contributed by atoms with van der Waals surface area (Å²) in [6.07, 6.45) is 12.3. The molecule has 0 aliphatic heterocycles. The van der Waals surface area contributed by atoms with Gasteiger partial charge < -0.3 is 9.80 Å². The summed E-state index contributed by atoms with van der Waals surface area (Å²) in [4.78, 5) is 5.27. The Hall–Kier alpha value is -5.86. The number of benzene rings is 8. The van der Waals surface area contributed by atoms with Gasteiger partial charge in [0.25, 0.3) is 0 Å². The van der Waals surface area contributed by atoms with Gasteiger partial charge in [0.05, 0.1) is 11.4 Å². The third-order valence-corrected chi connectivity index (χ3v) is 15.5. The molecule has 0 heterocycles. The summed E-state index contributed by atoms with van der Waals surface area (Å²) in [6.45, 7) is 27.9. The van der Waals surface area contributed by atoms with Crippen molar-refractivity contribution in [3.63, 3.8) is 0 Å². The number of hydrogen-bond acceptors (Lipinski definition) is 2. The zero-order valence-corrected chi connectivity index (χ0v) is 43.8. The summed E-state index contributed by atoms with van der Waals surface area (Å²) in [7, 11) is 0. The van der Waals surface area contributed by atoms with Gasteiger partial charge in [-0.05, 0) is 226 Å². The number of aryl methyl sites for hydroxylation is 8. The van der Waals surface area contributed by atoms with Crippen molar-refractivity contribution in [2.75, 3.05) is 9.80 Å². The van der Waals surface area contributed by atoms with E-state index < -0.39 is 0 Å². The lowest BCUT2D eigenvalue weighted by Gasteiger charge is -2.32. The summed E-state index contributed by atoms with van der Waals surface area (Å²) < 4.78 is 0. The highest BCUT2D eigenvalue weighted by molar-refractivity contribution is 6.24. The van der Waals surface area contributed by atoms with E-state index in [4.69, 9.17) is 0 Å². The highest BCUT2D eigenvalue weighted by Gasteiger charge is 2.26. The third kappa shape index (κ3) is 8.63. The number of anilines is 6. The van der Waals surface area contributed by atoms with Gasteiger partial charge in [-0.25, -0.2) is 0 Å². The van der Waals surface area contributed by atoms with Gasteiger partial charge in [-0.3, -0.25) is 0 Å². The van der Waals surface area contributed by atoms with Crippen molar-refractivity contribution >= 4 is 66.4 Å². The minimum Gasteiger partial charge on any atom is -0.310 e. The van der Waals surface area contributed by atoms with Crippen LogP contribution in [0.4, 0.5) is 34.1 Å². The fourth-order valence-corrected chi connectivity index (χ4v) is 12.1. The van der Waals surface area contributed by atoms with E-state index in [1.54, 1.807) is 0 Å². The van der Waals surface area contributed by atoms with Crippen LogP contribution in [0.25, 0.3) is 32.3 Å². The Labute approximate surface area is 410 Å². The molecule has 0 aliphatic rings. The highest BCUT2D eigenvalue weighted by atomic mass is 15.2. The molecule has 2 heteroatoms. The van der Waals surface area contributed by atoms with Gasteiger partial charge in [0.2, 0.25) is 0 Å². The van der Waals surface area contributed by atoms with Crippen LogP contribution in [0.15, 0.2) is 109 Å². The van der Waals surface area contributed by atoms with Crippen LogP contribution in [-0.2, 0) is 77.0 Å². The molecule has 0 amide bonds. The van der Waals surface area contributed by atoms with Gasteiger partial charge >= 0.3 is 0 Å². The Morgan fingerprint density at radius 3 is 0.632 bits per heavy atom. The molecule has 0 aliphatic carbocycles. The van der Waals surface area contributed by atoms with Crippen LogP contribution in [0, 0.1) is 0 Å². The first-order chi connectivity index (χ1) is 33.2. The molecule has 8 aromatic rings. The van der Waals surface area contributed by atoms with E-state index in [0.717, 1.165) is 77.0 Å². The maximum atomic E-state index is 2.63. The lowest BCUT2D eigenvalue weighted by atomic mass is 9.90. The van der Waals surface area contributed by atoms with Gasteiger partial charge in [0.1, 0.15) is 0 Å². The second-order valence-electron chi connectivity index (χ2n) is 18.9.